The molecular formula is C28H27F3N7O3-. The molecule has 0 bridgehead atoms. The van der Waals surface area contributed by atoms with Gasteiger partial charge in [0.05, 0.1) is 34.8 Å². The highest BCUT2D eigenvalue weighted by Gasteiger charge is 2.33. The number of carbonyl (C=O) groups excluding carboxylic acids is 1. The summed E-state index contributed by atoms with van der Waals surface area (Å²) in [7, 11) is 1.44. The number of aromatic nitrogens is 1. The molecule has 13 heteroatoms. The zero-order valence-corrected chi connectivity index (χ0v) is 22.4. The molecule has 1 aliphatic rings. The van der Waals surface area contributed by atoms with E-state index in [0.717, 1.165) is 6.07 Å². The van der Waals surface area contributed by atoms with Crippen LogP contribution in [0.2, 0.25) is 0 Å². The fourth-order valence-corrected chi connectivity index (χ4v) is 4.10. The van der Waals surface area contributed by atoms with Gasteiger partial charge in [-0.3, -0.25) is 9.78 Å². The van der Waals surface area contributed by atoms with Crippen LogP contribution < -0.4 is 16.4 Å². The monoisotopic (exact) mass is 566 g/mol. The van der Waals surface area contributed by atoms with Gasteiger partial charge in [-0.15, -0.1) is 0 Å². The number of benzodiazepines with no additional fused rings is 1. The normalized spacial score (nSPS) is 15.8. The summed E-state index contributed by atoms with van der Waals surface area (Å²) in [6.45, 7) is 3.48. The summed E-state index contributed by atoms with van der Waals surface area (Å²) in [6, 6.07) is 16.3. The number of nitrogens with two attached hydrogens (primary N) is 1. The number of amides is 1. The summed E-state index contributed by atoms with van der Waals surface area (Å²) >= 11 is 0. The first kappa shape index (κ1) is 29.2. The molecule has 4 N–H and O–H groups in total. The molecule has 0 radical (unpaired) electrons. The van der Waals surface area contributed by atoms with Crippen LogP contribution in [0.25, 0.3) is 5.41 Å². The van der Waals surface area contributed by atoms with Crippen molar-refractivity contribution < 1.29 is 27.4 Å². The number of ether oxygens (including phenoxy) is 2. The molecule has 0 spiro atoms. The number of nitrogens with one attached hydrogen (secondary N) is 2. The van der Waals surface area contributed by atoms with E-state index in [9.17, 15) is 23.4 Å². The lowest BCUT2D eigenvalue weighted by Gasteiger charge is -2.29. The Hall–Kier alpha value is -4.78. The number of methoxy groups -OCH3 is 1. The van der Waals surface area contributed by atoms with E-state index in [1.54, 1.807) is 38.1 Å². The first-order valence-corrected chi connectivity index (χ1v) is 12.3. The van der Waals surface area contributed by atoms with Gasteiger partial charge >= 0.3 is 6.18 Å². The van der Waals surface area contributed by atoms with Crippen molar-refractivity contribution in [2.45, 2.75) is 31.7 Å². The van der Waals surface area contributed by atoms with Crippen LogP contribution in [0, 0.1) is 0 Å². The second kappa shape index (κ2) is 11.8. The van der Waals surface area contributed by atoms with E-state index in [2.05, 4.69) is 25.6 Å². The summed E-state index contributed by atoms with van der Waals surface area (Å²) in [6.07, 6.45) is -5.56. The van der Waals surface area contributed by atoms with Gasteiger partial charge in [0.15, 0.2) is 0 Å². The number of amidine groups is 1. The van der Waals surface area contributed by atoms with Gasteiger partial charge in [-0.25, -0.2) is 4.99 Å². The molecule has 41 heavy (non-hydrogen) atoms. The van der Waals surface area contributed by atoms with Gasteiger partial charge in [-0.05, 0) is 26.0 Å². The van der Waals surface area contributed by atoms with Gasteiger partial charge in [0.25, 0.3) is 11.9 Å². The topological polar surface area (TPSA) is 146 Å². The number of hydrogen-bond donors (Lipinski definition) is 3. The minimum Gasteiger partial charge on any atom is -0.769 e. The number of pyridine rings is 1. The number of nitrogens with zero attached hydrogens (tertiary/aromatic N) is 4. The van der Waals surface area contributed by atoms with Gasteiger partial charge in [0, 0.05) is 30.3 Å². The Bertz CT molecular complexity index is 1510. The van der Waals surface area contributed by atoms with E-state index in [4.69, 9.17) is 15.2 Å². The average molecular weight is 567 g/mol. The molecule has 0 saturated carbocycles. The molecule has 1 amide bonds. The van der Waals surface area contributed by atoms with Crippen molar-refractivity contribution >= 4 is 34.9 Å². The summed E-state index contributed by atoms with van der Waals surface area (Å²) in [5.41, 5.74) is 5.79. The number of benzene rings is 2. The molecule has 214 valence electrons. The highest BCUT2D eigenvalue weighted by molar-refractivity contribution is 6.19. The van der Waals surface area contributed by atoms with Crippen LogP contribution in [0.4, 0.5) is 24.5 Å². The number of fused-ring (bicyclic) bond motifs is 1. The SMILES string of the molecule is COCC(C)(C)Nc1cc(C(F)(F)F)cnc1C(=[N-])O/C(N)=N/[C@H]1N=C(c2ccccc2)c2ccccc2NC1=O. The number of para-hydroxylation sites is 1. The Morgan fingerprint density at radius 3 is 2.51 bits per heavy atom. The predicted molar refractivity (Wildman–Crippen MR) is 150 cm³/mol. The second-order valence-electron chi connectivity index (χ2n) is 9.69. The molecule has 4 rings (SSSR count). The standard InChI is InChI=1S/C28H27F3N7O3/c1-27(2,15-40-3)38-20-13-17(28(29,30)31)14-34-22(20)23(32)41-26(33)37-24-25(39)35-19-12-8-7-11-18(19)21(36-24)16-9-5-4-6-10-16/h4-14,24,38H,15H2,1-3H3,(H2,33,37)(H,35,39)/q-1/t24-/m1/s1. The molecule has 1 aliphatic heterocycles. The van der Waals surface area contributed by atoms with Gasteiger partial charge < -0.3 is 31.3 Å². The number of anilines is 2. The Morgan fingerprint density at radius 2 is 1.83 bits per heavy atom. The number of halogens is 3. The van der Waals surface area contributed by atoms with E-state index in [1.165, 1.54) is 7.11 Å². The van der Waals surface area contributed by atoms with Crippen molar-refractivity contribution in [3.63, 3.8) is 0 Å². The van der Waals surface area contributed by atoms with Crippen LogP contribution in [0.1, 0.15) is 36.2 Å². The van der Waals surface area contributed by atoms with Gasteiger partial charge in [0.1, 0.15) is 5.69 Å². The Labute approximate surface area is 234 Å². The Morgan fingerprint density at radius 1 is 1.15 bits per heavy atom. The molecule has 1 atom stereocenters. The van der Waals surface area contributed by atoms with Crippen LogP contribution in [0.3, 0.4) is 0 Å². The zero-order valence-electron chi connectivity index (χ0n) is 22.4. The van der Waals surface area contributed by atoms with Crippen LogP contribution in [0.5, 0.6) is 0 Å². The van der Waals surface area contributed by atoms with Crippen molar-refractivity contribution in [2.75, 3.05) is 24.4 Å². The maximum atomic E-state index is 13.4. The smallest absolute Gasteiger partial charge is 0.417 e. The molecule has 1 aromatic heterocycles. The van der Waals surface area contributed by atoms with Crippen molar-refractivity contribution in [1.82, 2.24) is 4.98 Å². The summed E-state index contributed by atoms with van der Waals surface area (Å²) in [4.78, 5) is 25.3. The minimum atomic E-state index is -4.69. The van der Waals surface area contributed by atoms with E-state index in [1.807, 2.05) is 30.3 Å². The maximum Gasteiger partial charge on any atom is 0.417 e. The second-order valence-corrected chi connectivity index (χ2v) is 9.69. The van der Waals surface area contributed by atoms with Crippen molar-refractivity contribution in [3.8, 4) is 0 Å². The molecule has 3 aromatic rings. The van der Waals surface area contributed by atoms with Crippen LogP contribution in [-0.2, 0) is 20.4 Å². The molecule has 0 aliphatic carbocycles. The molecule has 2 heterocycles. The Kier molecular flexibility index (Phi) is 8.38. The third-order valence-corrected chi connectivity index (χ3v) is 5.82. The molecule has 0 unspecified atom stereocenters. The maximum absolute atomic E-state index is 13.4. The number of alkyl halides is 3. The lowest BCUT2D eigenvalue weighted by molar-refractivity contribution is -0.137. The third-order valence-electron chi connectivity index (χ3n) is 5.82. The highest BCUT2D eigenvalue weighted by atomic mass is 19.4. The first-order valence-electron chi connectivity index (χ1n) is 12.3. The van der Waals surface area contributed by atoms with Crippen LogP contribution >= 0.6 is 0 Å². The third kappa shape index (κ3) is 7.06. The summed E-state index contributed by atoms with van der Waals surface area (Å²) in [5.74, 6) is -1.56. The van der Waals surface area contributed by atoms with E-state index in [-0.39, 0.29) is 18.0 Å². The lowest BCUT2D eigenvalue weighted by Crippen LogP contribution is -2.37. The minimum absolute atomic E-state index is 0.120. The number of hydrogen-bond acceptors (Lipinski definition) is 7. The van der Waals surface area contributed by atoms with E-state index < -0.39 is 41.3 Å². The van der Waals surface area contributed by atoms with Crippen molar-refractivity contribution in [1.29, 1.82) is 0 Å². The molecular weight excluding hydrogens is 539 g/mol. The van der Waals surface area contributed by atoms with Gasteiger partial charge in [-0.1, -0.05) is 48.5 Å². The Balaban J connectivity index is 1.66. The fourth-order valence-electron chi connectivity index (χ4n) is 4.10. The lowest BCUT2D eigenvalue weighted by atomic mass is 10.0. The number of carbonyl (C=O) groups is 1. The van der Waals surface area contributed by atoms with Crippen molar-refractivity contribution in [3.05, 3.63) is 94.7 Å². The van der Waals surface area contributed by atoms with Gasteiger partial charge in [-0.2, -0.15) is 18.2 Å². The molecule has 0 fully saturated rings. The summed E-state index contributed by atoms with van der Waals surface area (Å²) < 4.78 is 50.5. The van der Waals surface area contributed by atoms with Crippen LogP contribution in [0.15, 0.2) is 76.8 Å². The first-order chi connectivity index (χ1) is 19.4. The predicted octanol–water partition coefficient (Wildman–Crippen LogP) is 4.40. The summed E-state index contributed by atoms with van der Waals surface area (Å²) in [5, 5.41) is 16.3. The quantitative estimate of drug-likeness (QED) is 0.286. The number of rotatable bonds is 7. The van der Waals surface area contributed by atoms with Crippen LogP contribution in [-0.4, -0.2) is 53.9 Å². The fraction of sp³-hybridized carbons (Fsp3) is 0.250. The van der Waals surface area contributed by atoms with Crippen molar-refractivity contribution in [2.24, 2.45) is 15.7 Å². The molecule has 0 saturated heterocycles. The highest BCUT2D eigenvalue weighted by Crippen LogP contribution is 2.32. The number of aliphatic imine (C=N–C) groups is 2. The van der Waals surface area contributed by atoms with E-state index >= 15 is 0 Å². The molecule has 2 aromatic carbocycles. The molecule has 10 nitrogen and oxygen atoms in total. The van der Waals surface area contributed by atoms with Gasteiger partial charge in [0.2, 0.25) is 6.17 Å². The van der Waals surface area contributed by atoms with E-state index in [0.29, 0.717) is 28.7 Å². The largest absolute Gasteiger partial charge is 0.769 e. The average Bonchev–Trinajstić information content (AvgIpc) is 3.04. The zero-order chi connectivity index (χ0) is 29.8.